The number of rotatable bonds is 5. The predicted molar refractivity (Wildman–Crippen MR) is 78.9 cm³/mol. The molecule has 2 rings (SSSR count). The number of nitrogens with one attached hydrogen (secondary N) is 2. The van der Waals surface area contributed by atoms with Crippen LogP contribution in [0.2, 0.25) is 0 Å². The molecule has 104 valence electrons. The lowest BCUT2D eigenvalue weighted by atomic mass is 10.1. The van der Waals surface area contributed by atoms with Crippen LogP contribution in [0.3, 0.4) is 0 Å². The minimum Gasteiger partial charge on any atom is -0.494 e. The fourth-order valence-corrected chi connectivity index (χ4v) is 1.94. The lowest BCUT2D eigenvalue weighted by molar-refractivity contribution is -0.105. The van der Waals surface area contributed by atoms with Crippen molar-refractivity contribution in [3.8, 4) is 5.75 Å². The van der Waals surface area contributed by atoms with Crippen molar-refractivity contribution >= 4 is 35.2 Å². The van der Waals surface area contributed by atoms with Gasteiger partial charge in [-0.2, -0.15) is 0 Å². The molecule has 0 bridgehead atoms. The maximum absolute atomic E-state index is 10.5. The van der Waals surface area contributed by atoms with Crippen molar-refractivity contribution in [2.45, 2.75) is 0 Å². The number of aromatic nitrogens is 2. The summed E-state index contributed by atoms with van der Waals surface area (Å²) in [6, 6.07) is 3.64. The standard InChI is InChI=1S/C13H15N5O2/c1-15-6-8(5-14)9-3-4-10(20-2)12-11(9)17-13(18-12)16-7-19/h3-7H,14H2,1-2H3,(H2,16,17,18,19). The molecule has 1 amide bonds. The lowest BCUT2D eigenvalue weighted by Gasteiger charge is -2.06. The number of nitrogens with zero attached hydrogens (tertiary/aromatic N) is 2. The van der Waals surface area contributed by atoms with E-state index in [1.807, 2.05) is 6.07 Å². The summed E-state index contributed by atoms with van der Waals surface area (Å²) >= 11 is 0. The van der Waals surface area contributed by atoms with Crippen LogP contribution < -0.4 is 15.8 Å². The number of aromatic amines is 1. The molecular weight excluding hydrogens is 258 g/mol. The highest BCUT2D eigenvalue weighted by Crippen LogP contribution is 2.30. The van der Waals surface area contributed by atoms with E-state index < -0.39 is 0 Å². The Bertz CT molecular complexity index is 687. The predicted octanol–water partition coefficient (Wildman–Crippen LogP) is 1.14. The number of benzene rings is 1. The molecule has 0 saturated carbocycles. The normalized spacial score (nSPS) is 12.0. The van der Waals surface area contributed by atoms with Crippen LogP contribution in [-0.2, 0) is 4.79 Å². The molecule has 2 aromatic rings. The van der Waals surface area contributed by atoms with Gasteiger partial charge in [0.05, 0.1) is 7.11 Å². The molecule has 0 unspecified atom stereocenters. The van der Waals surface area contributed by atoms with E-state index >= 15 is 0 Å². The van der Waals surface area contributed by atoms with E-state index in [9.17, 15) is 4.79 Å². The zero-order valence-electron chi connectivity index (χ0n) is 11.2. The maximum Gasteiger partial charge on any atom is 0.213 e. The number of hydrogen-bond acceptors (Lipinski definition) is 5. The maximum atomic E-state index is 10.5. The largest absolute Gasteiger partial charge is 0.494 e. The third-order valence-corrected chi connectivity index (χ3v) is 2.78. The fraction of sp³-hybridized carbons (Fsp3) is 0.154. The molecular formula is C13H15N5O2. The number of carbonyl (C=O) groups excluding carboxylic acids is 1. The van der Waals surface area contributed by atoms with Crippen molar-refractivity contribution in [2.75, 3.05) is 19.5 Å². The van der Waals surface area contributed by atoms with Crippen LogP contribution in [0.5, 0.6) is 5.75 Å². The third-order valence-electron chi connectivity index (χ3n) is 2.78. The summed E-state index contributed by atoms with van der Waals surface area (Å²) in [7, 11) is 3.23. The van der Waals surface area contributed by atoms with Crippen molar-refractivity contribution in [1.29, 1.82) is 0 Å². The molecule has 0 aliphatic rings. The molecule has 4 N–H and O–H groups in total. The fourth-order valence-electron chi connectivity index (χ4n) is 1.94. The molecule has 0 fully saturated rings. The second-order valence-electron chi connectivity index (χ2n) is 3.90. The summed E-state index contributed by atoms with van der Waals surface area (Å²) < 4.78 is 5.28. The van der Waals surface area contributed by atoms with Crippen molar-refractivity contribution in [3.05, 3.63) is 23.9 Å². The van der Waals surface area contributed by atoms with Gasteiger partial charge in [-0.25, -0.2) is 4.98 Å². The summed E-state index contributed by atoms with van der Waals surface area (Å²) in [5, 5.41) is 2.48. The van der Waals surface area contributed by atoms with Gasteiger partial charge in [-0.3, -0.25) is 15.1 Å². The smallest absolute Gasteiger partial charge is 0.213 e. The van der Waals surface area contributed by atoms with Gasteiger partial charge in [0.2, 0.25) is 12.4 Å². The SMILES string of the molecule is CN=CC(=CN)c1ccc(OC)c2[nH]c(NC=O)nc12. The molecule has 1 aromatic heterocycles. The van der Waals surface area contributed by atoms with Crippen molar-refractivity contribution in [3.63, 3.8) is 0 Å². The summed E-state index contributed by atoms with van der Waals surface area (Å²) in [5.41, 5.74) is 8.47. The Morgan fingerprint density at radius 1 is 1.55 bits per heavy atom. The van der Waals surface area contributed by atoms with Gasteiger partial charge in [-0.1, -0.05) is 0 Å². The average Bonchev–Trinajstić information content (AvgIpc) is 2.88. The quantitative estimate of drug-likeness (QED) is 0.561. The first-order valence-corrected chi connectivity index (χ1v) is 5.86. The minimum atomic E-state index is 0.338. The van der Waals surface area contributed by atoms with E-state index in [-0.39, 0.29) is 0 Å². The molecule has 0 radical (unpaired) electrons. The van der Waals surface area contributed by atoms with Crippen LogP contribution in [-0.4, -0.2) is 36.8 Å². The molecule has 7 nitrogen and oxygen atoms in total. The Balaban J connectivity index is 2.70. The number of imidazole rings is 1. The molecule has 20 heavy (non-hydrogen) atoms. The Labute approximate surface area is 115 Å². The van der Waals surface area contributed by atoms with Crippen LogP contribution in [0.15, 0.2) is 23.3 Å². The minimum absolute atomic E-state index is 0.338. The number of hydrogen-bond donors (Lipinski definition) is 3. The van der Waals surface area contributed by atoms with E-state index in [1.54, 1.807) is 26.4 Å². The van der Waals surface area contributed by atoms with Crippen LogP contribution in [0.1, 0.15) is 5.56 Å². The molecule has 0 aliphatic heterocycles. The molecule has 0 aliphatic carbocycles. The monoisotopic (exact) mass is 273 g/mol. The highest BCUT2D eigenvalue weighted by molar-refractivity contribution is 6.14. The number of carbonyl (C=O) groups is 1. The van der Waals surface area contributed by atoms with Gasteiger partial charge in [-0.05, 0) is 12.1 Å². The third kappa shape index (κ3) is 2.33. The van der Waals surface area contributed by atoms with Gasteiger partial charge in [0.25, 0.3) is 0 Å². The summed E-state index contributed by atoms with van der Waals surface area (Å²) in [5.74, 6) is 0.963. The van der Waals surface area contributed by atoms with Crippen LogP contribution in [0, 0.1) is 0 Å². The van der Waals surface area contributed by atoms with Crippen molar-refractivity contribution < 1.29 is 9.53 Å². The van der Waals surface area contributed by atoms with Gasteiger partial charge in [0.1, 0.15) is 16.8 Å². The number of amides is 1. The van der Waals surface area contributed by atoms with Gasteiger partial charge in [0, 0.05) is 30.6 Å². The molecule has 1 aromatic carbocycles. The van der Waals surface area contributed by atoms with Crippen LogP contribution >= 0.6 is 0 Å². The average molecular weight is 273 g/mol. The number of ether oxygens (including phenoxy) is 1. The number of aliphatic imine (C=N–C) groups is 1. The summed E-state index contributed by atoms with van der Waals surface area (Å²) in [6.45, 7) is 0. The summed E-state index contributed by atoms with van der Waals surface area (Å²) in [6.07, 6.45) is 3.65. The zero-order valence-corrected chi connectivity index (χ0v) is 11.2. The molecule has 7 heteroatoms. The van der Waals surface area contributed by atoms with E-state index in [4.69, 9.17) is 10.5 Å². The Hall–Kier alpha value is -2.83. The van der Waals surface area contributed by atoms with Gasteiger partial charge < -0.3 is 15.5 Å². The summed E-state index contributed by atoms with van der Waals surface area (Å²) in [4.78, 5) is 21.8. The Morgan fingerprint density at radius 3 is 2.95 bits per heavy atom. The highest BCUT2D eigenvalue weighted by Gasteiger charge is 2.14. The van der Waals surface area contributed by atoms with E-state index in [0.29, 0.717) is 29.1 Å². The number of nitrogens with two attached hydrogens (primary N) is 1. The number of anilines is 1. The van der Waals surface area contributed by atoms with E-state index in [2.05, 4.69) is 20.3 Å². The van der Waals surface area contributed by atoms with E-state index in [1.165, 1.54) is 6.20 Å². The molecule has 0 saturated heterocycles. The van der Waals surface area contributed by atoms with Crippen molar-refractivity contribution in [1.82, 2.24) is 9.97 Å². The van der Waals surface area contributed by atoms with Crippen LogP contribution in [0.25, 0.3) is 16.6 Å². The molecule has 1 heterocycles. The number of allylic oxidation sites excluding steroid dienone is 1. The van der Waals surface area contributed by atoms with Crippen molar-refractivity contribution in [2.24, 2.45) is 10.7 Å². The van der Waals surface area contributed by atoms with Gasteiger partial charge >= 0.3 is 0 Å². The number of methoxy groups -OCH3 is 1. The number of fused-ring (bicyclic) bond motifs is 1. The lowest BCUT2D eigenvalue weighted by Crippen LogP contribution is -1.95. The second kappa shape index (κ2) is 5.87. The Morgan fingerprint density at radius 2 is 2.35 bits per heavy atom. The molecule has 0 spiro atoms. The van der Waals surface area contributed by atoms with Gasteiger partial charge in [0.15, 0.2) is 0 Å². The highest BCUT2D eigenvalue weighted by atomic mass is 16.5. The van der Waals surface area contributed by atoms with Gasteiger partial charge in [-0.15, -0.1) is 0 Å². The van der Waals surface area contributed by atoms with E-state index in [0.717, 1.165) is 11.1 Å². The topological polar surface area (TPSA) is 105 Å². The number of H-pyrrole nitrogens is 1. The first kappa shape index (κ1) is 13.6. The Kier molecular flexibility index (Phi) is 3.99. The molecule has 0 atom stereocenters. The van der Waals surface area contributed by atoms with Crippen LogP contribution in [0.4, 0.5) is 5.95 Å². The zero-order chi connectivity index (χ0) is 14.5. The second-order valence-corrected chi connectivity index (χ2v) is 3.90. The first-order chi connectivity index (χ1) is 9.74. The first-order valence-electron chi connectivity index (χ1n) is 5.86.